The fourth-order valence-corrected chi connectivity index (χ4v) is 5.02. The van der Waals surface area contributed by atoms with E-state index < -0.39 is 22.0 Å². The van der Waals surface area contributed by atoms with Crippen molar-refractivity contribution in [1.82, 2.24) is 9.62 Å². The molecule has 2 aromatic carbocycles. The summed E-state index contributed by atoms with van der Waals surface area (Å²) in [6.45, 7) is 0.378. The summed E-state index contributed by atoms with van der Waals surface area (Å²) >= 11 is 5.88. The number of rotatable bonds is 6. The number of nitrogens with one attached hydrogen (secondary N) is 1. The maximum absolute atomic E-state index is 13.4. The number of hydrogen-bond acceptors (Lipinski definition) is 4. The third-order valence-corrected chi connectivity index (χ3v) is 6.91. The minimum Gasteiger partial charge on any atom is -0.478 e. The second-order valence-electron chi connectivity index (χ2n) is 6.81. The summed E-state index contributed by atoms with van der Waals surface area (Å²) in [6.07, 6.45) is 1.86. The Morgan fingerprint density at radius 1 is 1.17 bits per heavy atom. The van der Waals surface area contributed by atoms with E-state index in [9.17, 15) is 23.1 Å². The molecule has 0 aliphatic carbocycles. The molecule has 0 bridgehead atoms. The first-order chi connectivity index (χ1) is 13.8. The monoisotopic (exact) mass is 436 g/mol. The maximum Gasteiger partial charge on any atom is 0.335 e. The van der Waals surface area contributed by atoms with Crippen molar-refractivity contribution in [1.29, 1.82) is 0 Å². The number of carboxylic acid groups (broad SMARTS) is 1. The van der Waals surface area contributed by atoms with Crippen molar-refractivity contribution in [3.8, 4) is 0 Å². The van der Waals surface area contributed by atoms with Gasteiger partial charge in [-0.3, -0.25) is 4.79 Å². The highest BCUT2D eigenvalue weighted by Gasteiger charge is 2.36. The summed E-state index contributed by atoms with van der Waals surface area (Å²) in [5, 5.41) is 12.4. The molecule has 29 heavy (non-hydrogen) atoms. The molecule has 1 amide bonds. The van der Waals surface area contributed by atoms with E-state index in [-0.39, 0.29) is 22.9 Å². The van der Waals surface area contributed by atoms with Crippen molar-refractivity contribution in [3.05, 3.63) is 64.7 Å². The van der Waals surface area contributed by atoms with E-state index in [2.05, 4.69) is 5.32 Å². The van der Waals surface area contributed by atoms with Crippen LogP contribution in [0.2, 0.25) is 5.02 Å². The average Bonchev–Trinajstić information content (AvgIpc) is 2.91. The molecule has 1 saturated heterocycles. The maximum atomic E-state index is 13.4. The summed E-state index contributed by atoms with van der Waals surface area (Å²) in [5.41, 5.74) is 0.538. The number of amides is 1. The molecule has 0 aromatic heterocycles. The summed E-state index contributed by atoms with van der Waals surface area (Å²) < 4.78 is 28.0. The molecule has 1 unspecified atom stereocenters. The number of hydrogen-bond donors (Lipinski definition) is 2. The standard InChI is InChI=1S/C20H21ClN2O5S/c21-16-7-9-17(10-8-16)29(27,28)23(18-6-1-2-11-22-19(18)24)13-14-4-3-5-15(12-14)20(25)26/h3-5,7-10,12,18H,1-2,6,11,13H2,(H,22,24)(H,25,26). The molecule has 0 spiro atoms. The van der Waals surface area contributed by atoms with Gasteiger partial charge < -0.3 is 10.4 Å². The van der Waals surface area contributed by atoms with Crippen LogP contribution in [-0.4, -0.2) is 42.3 Å². The lowest BCUT2D eigenvalue weighted by Crippen LogP contribution is -2.48. The Kier molecular flexibility index (Phi) is 6.56. The Morgan fingerprint density at radius 2 is 1.90 bits per heavy atom. The molecule has 1 heterocycles. The average molecular weight is 437 g/mol. The molecule has 2 aromatic rings. The van der Waals surface area contributed by atoms with E-state index >= 15 is 0 Å². The van der Waals surface area contributed by atoms with Crippen LogP contribution in [0.4, 0.5) is 0 Å². The molecule has 1 aliphatic rings. The Hall–Kier alpha value is -2.42. The number of halogens is 1. The molecule has 1 atom stereocenters. The zero-order chi connectivity index (χ0) is 21.0. The molecule has 0 saturated carbocycles. The first kappa shape index (κ1) is 21.3. The van der Waals surface area contributed by atoms with Crippen LogP contribution in [0.3, 0.4) is 0 Å². The number of carbonyl (C=O) groups is 2. The minimum absolute atomic E-state index is 0.0216. The third-order valence-electron chi connectivity index (χ3n) is 4.79. The molecule has 1 aliphatic heterocycles. The quantitative estimate of drug-likeness (QED) is 0.724. The lowest BCUT2D eigenvalue weighted by atomic mass is 10.1. The summed E-state index contributed by atoms with van der Waals surface area (Å²) in [5.74, 6) is -1.46. The van der Waals surface area contributed by atoms with E-state index in [1.807, 2.05) is 0 Å². The fraction of sp³-hybridized carbons (Fsp3) is 0.300. The number of carboxylic acids is 1. The molecule has 154 valence electrons. The van der Waals surface area contributed by atoms with Crippen LogP contribution in [0.5, 0.6) is 0 Å². The first-order valence-corrected chi connectivity index (χ1v) is 11.0. The Bertz CT molecular complexity index is 1010. The van der Waals surface area contributed by atoms with E-state index in [1.165, 1.54) is 36.4 Å². The van der Waals surface area contributed by atoms with Crippen LogP contribution in [0.1, 0.15) is 35.2 Å². The van der Waals surface area contributed by atoms with Gasteiger partial charge >= 0.3 is 5.97 Å². The van der Waals surface area contributed by atoms with Crippen LogP contribution >= 0.6 is 11.6 Å². The van der Waals surface area contributed by atoms with Crippen LogP contribution in [0.25, 0.3) is 0 Å². The summed E-state index contributed by atoms with van der Waals surface area (Å²) in [7, 11) is -4.03. The zero-order valence-electron chi connectivity index (χ0n) is 15.5. The lowest BCUT2D eigenvalue weighted by molar-refractivity contribution is -0.124. The van der Waals surface area contributed by atoms with Gasteiger partial charge in [0.2, 0.25) is 15.9 Å². The third kappa shape index (κ3) is 4.95. The van der Waals surface area contributed by atoms with Crippen LogP contribution in [0, 0.1) is 0 Å². The zero-order valence-corrected chi connectivity index (χ0v) is 17.1. The molecular weight excluding hydrogens is 416 g/mol. The van der Waals surface area contributed by atoms with Gasteiger partial charge in [-0.2, -0.15) is 4.31 Å². The largest absolute Gasteiger partial charge is 0.478 e. The summed E-state index contributed by atoms with van der Waals surface area (Å²) in [6, 6.07) is 10.9. The number of benzene rings is 2. The highest BCUT2D eigenvalue weighted by atomic mass is 35.5. The molecule has 0 radical (unpaired) electrons. The van der Waals surface area contributed by atoms with Crippen molar-refractivity contribution in [2.24, 2.45) is 0 Å². The van der Waals surface area contributed by atoms with Crippen molar-refractivity contribution < 1.29 is 23.1 Å². The van der Waals surface area contributed by atoms with E-state index in [0.29, 0.717) is 30.0 Å². The Balaban J connectivity index is 2.03. The van der Waals surface area contributed by atoms with Crippen molar-refractivity contribution in [2.75, 3.05) is 6.54 Å². The number of sulfonamides is 1. The number of nitrogens with zero attached hydrogens (tertiary/aromatic N) is 1. The SMILES string of the molecule is O=C(O)c1cccc(CN(C2CCCCNC2=O)S(=O)(=O)c2ccc(Cl)cc2)c1. The fourth-order valence-electron chi connectivity index (χ4n) is 3.29. The molecular formula is C20H21ClN2O5S. The van der Waals surface area contributed by atoms with E-state index in [4.69, 9.17) is 11.6 Å². The van der Waals surface area contributed by atoms with Gasteiger partial charge in [0.05, 0.1) is 10.5 Å². The van der Waals surface area contributed by atoms with Gasteiger partial charge in [0.1, 0.15) is 6.04 Å². The first-order valence-electron chi connectivity index (χ1n) is 9.16. The molecule has 9 heteroatoms. The van der Waals surface area contributed by atoms with Crippen LogP contribution in [-0.2, 0) is 21.4 Å². The summed E-state index contributed by atoms with van der Waals surface area (Å²) in [4.78, 5) is 23.9. The minimum atomic E-state index is -4.03. The predicted molar refractivity (Wildman–Crippen MR) is 108 cm³/mol. The molecule has 7 nitrogen and oxygen atoms in total. The van der Waals surface area contributed by atoms with Gasteiger partial charge in [0.25, 0.3) is 0 Å². The highest BCUT2D eigenvalue weighted by Crippen LogP contribution is 2.26. The smallest absolute Gasteiger partial charge is 0.335 e. The molecule has 1 fully saturated rings. The van der Waals surface area contributed by atoms with Crippen molar-refractivity contribution in [2.45, 2.75) is 36.7 Å². The van der Waals surface area contributed by atoms with Crippen molar-refractivity contribution >= 4 is 33.5 Å². The van der Waals surface area contributed by atoms with Gasteiger partial charge in [-0.15, -0.1) is 0 Å². The van der Waals surface area contributed by atoms with Gasteiger partial charge in [0, 0.05) is 18.1 Å². The van der Waals surface area contributed by atoms with Gasteiger partial charge in [0.15, 0.2) is 0 Å². The molecule has 2 N–H and O–H groups in total. The Morgan fingerprint density at radius 3 is 2.59 bits per heavy atom. The van der Waals surface area contributed by atoms with Gasteiger partial charge in [-0.05, 0) is 61.2 Å². The molecule has 3 rings (SSSR count). The van der Waals surface area contributed by atoms with Crippen LogP contribution < -0.4 is 5.32 Å². The predicted octanol–water partition coefficient (Wildman–Crippen LogP) is 2.90. The number of carbonyl (C=O) groups excluding carboxylic acids is 1. The van der Waals surface area contributed by atoms with Gasteiger partial charge in [-0.1, -0.05) is 23.7 Å². The lowest BCUT2D eigenvalue weighted by Gasteiger charge is -2.29. The highest BCUT2D eigenvalue weighted by molar-refractivity contribution is 7.89. The normalized spacial score (nSPS) is 17.6. The van der Waals surface area contributed by atoms with Crippen molar-refractivity contribution in [3.63, 3.8) is 0 Å². The Labute approximate surface area is 174 Å². The van der Waals surface area contributed by atoms with E-state index in [1.54, 1.807) is 12.1 Å². The van der Waals surface area contributed by atoms with E-state index in [0.717, 1.165) is 10.7 Å². The van der Waals surface area contributed by atoms with Crippen LogP contribution in [0.15, 0.2) is 53.4 Å². The number of aromatic carboxylic acids is 1. The second kappa shape index (κ2) is 8.94. The topological polar surface area (TPSA) is 104 Å². The van der Waals surface area contributed by atoms with Gasteiger partial charge in [-0.25, -0.2) is 13.2 Å². The second-order valence-corrected chi connectivity index (χ2v) is 9.14.